The second kappa shape index (κ2) is 9.30. The molecule has 1 aromatic heterocycles. The van der Waals surface area contributed by atoms with Gasteiger partial charge in [-0.2, -0.15) is 5.10 Å². The zero-order valence-electron chi connectivity index (χ0n) is 17.2. The van der Waals surface area contributed by atoms with Crippen molar-refractivity contribution in [3.05, 3.63) is 76.0 Å². The minimum Gasteiger partial charge on any atom is -0.332 e. The number of aryl methyl sites for hydroxylation is 1. The van der Waals surface area contributed by atoms with E-state index in [1.54, 1.807) is 27.9 Å². The molecule has 3 rings (SSSR count). The number of aromatic nitrogens is 2. The topological polar surface area (TPSA) is 84.3 Å². The van der Waals surface area contributed by atoms with Crippen molar-refractivity contribution >= 4 is 44.8 Å². The maximum Gasteiger partial charge on any atom is 0.263 e. The van der Waals surface area contributed by atoms with Gasteiger partial charge in [0.05, 0.1) is 11.2 Å². The van der Waals surface area contributed by atoms with Crippen LogP contribution in [-0.4, -0.2) is 35.0 Å². The summed E-state index contributed by atoms with van der Waals surface area (Å²) in [5, 5.41) is 4.46. The molecule has 0 bridgehead atoms. The normalized spacial score (nSPS) is 11.5. The molecule has 2 aromatic carbocycles. The number of halogens is 2. The van der Waals surface area contributed by atoms with E-state index in [4.69, 9.17) is 23.2 Å². The molecule has 0 saturated carbocycles. The first-order valence-electron chi connectivity index (χ1n) is 9.43. The number of hydrogen-bond acceptors (Lipinski definition) is 4. The van der Waals surface area contributed by atoms with Crippen LogP contribution in [0.15, 0.2) is 59.8 Å². The highest BCUT2D eigenvalue weighted by Crippen LogP contribution is 2.27. The predicted molar refractivity (Wildman–Crippen MR) is 122 cm³/mol. The van der Waals surface area contributed by atoms with E-state index in [9.17, 15) is 13.2 Å². The average molecular weight is 481 g/mol. The lowest BCUT2D eigenvalue weighted by Crippen LogP contribution is -2.36. The summed E-state index contributed by atoms with van der Waals surface area (Å²) in [6, 6.07) is 10.4. The van der Waals surface area contributed by atoms with Crippen molar-refractivity contribution in [1.29, 1.82) is 0 Å². The summed E-state index contributed by atoms with van der Waals surface area (Å²) < 4.78 is 29.5. The van der Waals surface area contributed by atoms with Crippen LogP contribution < -0.4 is 4.72 Å². The third-order valence-electron chi connectivity index (χ3n) is 4.56. The average Bonchev–Trinajstić information content (AvgIpc) is 3.12. The molecule has 164 valence electrons. The quantitative estimate of drug-likeness (QED) is 0.536. The molecule has 0 spiro atoms. The number of amides is 1. The number of rotatable bonds is 7. The van der Waals surface area contributed by atoms with Crippen LogP contribution >= 0.6 is 23.2 Å². The summed E-state index contributed by atoms with van der Waals surface area (Å²) in [7, 11) is -2.12. The predicted octanol–water partition coefficient (Wildman–Crippen LogP) is 4.58. The van der Waals surface area contributed by atoms with E-state index in [0.717, 1.165) is 5.56 Å². The summed E-state index contributed by atoms with van der Waals surface area (Å²) in [6.07, 6.45) is 3.59. The van der Waals surface area contributed by atoms with Gasteiger partial charge in [-0.05, 0) is 56.3 Å². The van der Waals surface area contributed by atoms with Gasteiger partial charge in [0.25, 0.3) is 15.9 Å². The van der Waals surface area contributed by atoms with E-state index < -0.39 is 10.0 Å². The zero-order chi connectivity index (χ0) is 22.8. The summed E-state index contributed by atoms with van der Waals surface area (Å²) in [5.74, 6) is -0.161. The van der Waals surface area contributed by atoms with Crippen LogP contribution in [0.2, 0.25) is 10.0 Å². The molecule has 0 radical (unpaired) electrons. The Morgan fingerprint density at radius 3 is 2.42 bits per heavy atom. The summed E-state index contributed by atoms with van der Waals surface area (Å²) in [6.45, 7) is 4.29. The Morgan fingerprint density at radius 1 is 1.16 bits per heavy atom. The lowest BCUT2D eigenvalue weighted by atomic mass is 10.1. The fourth-order valence-corrected chi connectivity index (χ4v) is 4.80. The second-order valence-electron chi connectivity index (χ2n) is 7.31. The largest absolute Gasteiger partial charge is 0.332 e. The fraction of sp³-hybridized carbons (Fsp3) is 0.238. The highest BCUT2D eigenvalue weighted by atomic mass is 35.5. The van der Waals surface area contributed by atoms with E-state index in [2.05, 4.69) is 9.82 Å². The van der Waals surface area contributed by atoms with Crippen LogP contribution in [0.5, 0.6) is 0 Å². The van der Waals surface area contributed by atoms with Crippen LogP contribution in [0, 0.1) is 0 Å². The number of carbonyl (C=O) groups is 1. The summed E-state index contributed by atoms with van der Waals surface area (Å²) >= 11 is 11.9. The SMILES string of the molecule is CC(C)N(Cc1cnn(C)c1)C(=O)c1ccc(NS(=O)(=O)c2cc(Cl)ccc2Cl)cc1. The first-order valence-corrected chi connectivity index (χ1v) is 11.7. The fourth-order valence-electron chi connectivity index (χ4n) is 2.98. The van der Waals surface area contributed by atoms with Gasteiger partial charge >= 0.3 is 0 Å². The van der Waals surface area contributed by atoms with Crippen LogP contribution in [0.25, 0.3) is 0 Å². The maximum absolute atomic E-state index is 13.0. The molecule has 0 saturated heterocycles. The number of anilines is 1. The Balaban J connectivity index is 1.78. The number of benzene rings is 2. The summed E-state index contributed by atoms with van der Waals surface area (Å²) in [5.41, 5.74) is 1.67. The Kier molecular flexibility index (Phi) is 6.93. The van der Waals surface area contributed by atoms with Gasteiger partial charge in [0.1, 0.15) is 4.90 Å². The molecule has 7 nitrogen and oxygen atoms in total. The molecule has 0 aliphatic carbocycles. The molecule has 10 heteroatoms. The monoisotopic (exact) mass is 480 g/mol. The van der Waals surface area contributed by atoms with Gasteiger partial charge in [-0.3, -0.25) is 14.2 Å². The number of hydrogen-bond donors (Lipinski definition) is 1. The molecule has 0 unspecified atom stereocenters. The van der Waals surface area contributed by atoms with E-state index in [0.29, 0.717) is 17.8 Å². The number of carbonyl (C=O) groups excluding carboxylic acids is 1. The molecule has 1 heterocycles. The van der Waals surface area contributed by atoms with Gasteiger partial charge in [-0.1, -0.05) is 23.2 Å². The van der Waals surface area contributed by atoms with Crippen LogP contribution in [0.3, 0.4) is 0 Å². The molecule has 3 aromatic rings. The van der Waals surface area contributed by atoms with Gasteiger partial charge < -0.3 is 4.90 Å². The van der Waals surface area contributed by atoms with Crippen molar-refractivity contribution in [2.45, 2.75) is 31.3 Å². The molecule has 0 atom stereocenters. The number of nitrogens with one attached hydrogen (secondary N) is 1. The highest BCUT2D eigenvalue weighted by molar-refractivity contribution is 7.92. The van der Waals surface area contributed by atoms with E-state index in [1.165, 1.54) is 30.3 Å². The lowest BCUT2D eigenvalue weighted by Gasteiger charge is -2.26. The van der Waals surface area contributed by atoms with Crippen molar-refractivity contribution in [3.8, 4) is 0 Å². The van der Waals surface area contributed by atoms with Crippen LogP contribution in [0.4, 0.5) is 5.69 Å². The minimum atomic E-state index is -3.94. The van der Waals surface area contributed by atoms with Crippen molar-refractivity contribution in [2.75, 3.05) is 4.72 Å². The smallest absolute Gasteiger partial charge is 0.263 e. The molecular weight excluding hydrogens is 459 g/mol. The molecule has 1 N–H and O–H groups in total. The molecule has 0 fully saturated rings. The lowest BCUT2D eigenvalue weighted by molar-refractivity contribution is 0.0690. The van der Waals surface area contributed by atoms with E-state index in [1.807, 2.05) is 27.1 Å². The van der Waals surface area contributed by atoms with Crippen molar-refractivity contribution in [1.82, 2.24) is 14.7 Å². The first-order chi connectivity index (χ1) is 14.6. The number of nitrogens with zero attached hydrogens (tertiary/aromatic N) is 3. The van der Waals surface area contributed by atoms with Crippen molar-refractivity contribution < 1.29 is 13.2 Å². The van der Waals surface area contributed by atoms with E-state index in [-0.39, 0.29) is 26.9 Å². The van der Waals surface area contributed by atoms with Crippen molar-refractivity contribution in [2.24, 2.45) is 7.05 Å². The highest BCUT2D eigenvalue weighted by Gasteiger charge is 2.21. The van der Waals surface area contributed by atoms with Crippen LogP contribution in [0.1, 0.15) is 29.8 Å². The Labute approximate surface area is 191 Å². The van der Waals surface area contributed by atoms with Crippen molar-refractivity contribution in [3.63, 3.8) is 0 Å². The van der Waals surface area contributed by atoms with Gasteiger partial charge in [0.2, 0.25) is 0 Å². The minimum absolute atomic E-state index is 0.0316. The molecule has 31 heavy (non-hydrogen) atoms. The summed E-state index contributed by atoms with van der Waals surface area (Å²) in [4.78, 5) is 14.6. The number of sulfonamides is 1. The zero-order valence-corrected chi connectivity index (χ0v) is 19.5. The Bertz CT molecular complexity index is 1190. The molecule has 1 amide bonds. The van der Waals surface area contributed by atoms with Gasteiger partial charge in [-0.25, -0.2) is 8.42 Å². The third-order valence-corrected chi connectivity index (χ3v) is 6.66. The standard InChI is InChI=1S/C21H22Cl2N4O3S/c1-14(2)27(13-15-11-24-26(3)12-15)21(28)16-4-7-18(8-5-16)25-31(29,30)20-10-17(22)6-9-19(20)23/h4-12,14,25H,13H2,1-3H3. The van der Waals surface area contributed by atoms with Crippen LogP contribution in [-0.2, 0) is 23.6 Å². The first kappa shape index (κ1) is 23.1. The third kappa shape index (κ3) is 5.58. The Hall–Kier alpha value is -2.55. The molecule has 0 aliphatic rings. The van der Waals surface area contributed by atoms with Gasteiger partial charge in [0.15, 0.2) is 0 Å². The van der Waals surface area contributed by atoms with E-state index >= 15 is 0 Å². The van der Waals surface area contributed by atoms with Gasteiger partial charge in [-0.15, -0.1) is 0 Å². The molecule has 0 aliphatic heterocycles. The maximum atomic E-state index is 13.0. The molecular formula is C21H22Cl2N4O3S. The van der Waals surface area contributed by atoms with Gasteiger partial charge in [0, 0.05) is 47.7 Å². The Morgan fingerprint density at radius 2 is 1.84 bits per heavy atom. The second-order valence-corrected chi connectivity index (χ2v) is 9.80.